The molecule has 128 valence electrons. The molecule has 0 atom stereocenters. The van der Waals surface area contributed by atoms with Crippen LogP contribution in [0, 0.1) is 12.7 Å². The van der Waals surface area contributed by atoms with Gasteiger partial charge in [-0.15, -0.1) is 11.3 Å². The number of carbonyl (C=O) groups excluding carboxylic acids is 1. The van der Waals surface area contributed by atoms with Crippen LogP contribution in [0.5, 0.6) is 5.75 Å². The van der Waals surface area contributed by atoms with Crippen molar-refractivity contribution in [3.05, 3.63) is 34.6 Å². The maximum atomic E-state index is 14.3. The normalized spacial score (nSPS) is 16.2. The highest BCUT2D eigenvalue weighted by atomic mass is 32.2. The number of phenolic OH excluding ortho intramolecular Hbond substituents is 1. The number of rotatable bonds is 4. The monoisotopic (exact) mass is 372 g/mol. The van der Waals surface area contributed by atoms with Gasteiger partial charge >= 0.3 is 10.2 Å². The van der Waals surface area contributed by atoms with Crippen LogP contribution in [-0.4, -0.2) is 31.0 Å². The Kier molecular flexibility index (Phi) is 4.05. The molecule has 1 aliphatic heterocycles. The van der Waals surface area contributed by atoms with Crippen molar-refractivity contribution in [3.8, 4) is 5.75 Å². The highest BCUT2D eigenvalue weighted by Crippen LogP contribution is 2.34. The summed E-state index contributed by atoms with van der Waals surface area (Å²) in [7, 11) is -4.19. The molecule has 2 heterocycles. The molecule has 1 aromatic heterocycles. The third-order valence-electron chi connectivity index (χ3n) is 3.24. The topological polar surface area (TPSA) is 112 Å². The van der Waals surface area contributed by atoms with Gasteiger partial charge in [0.05, 0.1) is 5.69 Å². The van der Waals surface area contributed by atoms with Crippen molar-refractivity contribution >= 4 is 38.3 Å². The molecule has 0 saturated carbocycles. The molecule has 24 heavy (non-hydrogen) atoms. The minimum atomic E-state index is -4.19. The fraction of sp³-hybridized carbons (Fsp3) is 0.231. The van der Waals surface area contributed by atoms with Crippen molar-refractivity contribution in [2.45, 2.75) is 13.5 Å². The lowest BCUT2D eigenvalue weighted by atomic mass is 10.1. The van der Waals surface area contributed by atoms with E-state index in [-0.39, 0.29) is 6.54 Å². The Balaban J connectivity index is 1.85. The zero-order chi connectivity index (χ0) is 17.5. The summed E-state index contributed by atoms with van der Waals surface area (Å²) in [6.45, 7) is 1.46. The maximum Gasteiger partial charge on any atom is 0.326 e. The molecule has 0 spiro atoms. The largest absolute Gasteiger partial charge is 0.506 e. The lowest BCUT2D eigenvalue weighted by Crippen LogP contribution is -2.30. The van der Waals surface area contributed by atoms with Crippen LogP contribution in [0.2, 0.25) is 0 Å². The zero-order valence-corrected chi connectivity index (χ0v) is 14.0. The van der Waals surface area contributed by atoms with E-state index in [1.807, 2.05) is 12.3 Å². The molecule has 1 amide bonds. The van der Waals surface area contributed by atoms with Gasteiger partial charge < -0.3 is 10.4 Å². The van der Waals surface area contributed by atoms with Gasteiger partial charge in [-0.25, -0.2) is 18.4 Å². The predicted octanol–water partition coefficient (Wildman–Crippen LogP) is 1.09. The van der Waals surface area contributed by atoms with Gasteiger partial charge in [0.25, 0.3) is 5.91 Å². The van der Waals surface area contributed by atoms with Gasteiger partial charge in [-0.2, -0.15) is 8.42 Å². The first-order valence-electron chi connectivity index (χ1n) is 6.77. The second kappa shape index (κ2) is 5.91. The summed E-state index contributed by atoms with van der Waals surface area (Å²) in [5.41, 5.74) is 0.697. The molecule has 0 bridgehead atoms. The van der Waals surface area contributed by atoms with E-state index in [4.69, 9.17) is 0 Å². The van der Waals surface area contributed by atoms with E-state index in [2.05, 4.69) is 10.3 Å². The number of hydrogen-bond acceptors (Lipinski definition) is 7. The standard InChI is InChI=1S/C13H13FN4O4S2/c1-7-6-23-13(16-7)15-4-8-2-9(14)12(10(19)3-8)18-5-11(20)17-24(18,21)22/h2-3,6,19H,4-5H2,1H3,(H,15,16)(H,17,20). The average Bonchev–Trinajstić information content (AvgIpc) is 2.99. The van der Waals surface area contributed by atoms with Crippen LogP contribution in [0.3, 0.4) is 0 Å². The lowest BCUT2D eigenvalue weighted by molar-refractivity contribution is -0.117. The van der Waals surface area contributed by atoms with Crippen molar-refractivity contribution in [2.75, 3.05) is 16.2 Å². The minimum Gasteiger partial charge on any atom is -0.506 e. The number of aromatic nitrogens is 1. The van der Waals surface area contributed by atoms with Crippen LogP contribution in [-0.2, 0) is 21.5 Å². The molecular weight excluding hydrogens is 359 g/mol. The van der Waals surface area contributed by atoms with E-state index >= 15 is 0 Å². The predicted molar refractivity (Wildman–Crippen MR) is 86.7 cm³/mol. The summed E-state index contributed by atoms with van der Waals surface area (Å²) in [6.07, 6.45) is 0. The Morgan fingerprint density at radius 3 is 2.79 bits per heavy atom. The highest BCUT2D eigenvalue weighted by Gasteiger charge is 2.37. The van der Waals surface area contributed by atoms with Crippen molar-refractivity contribution in [3.63, 3.8) is 0 Å². The van der Waals surface area contributed by atoms with Crippen LogP contribution in [0.4, 0.5) is 15.2 Å². The highest BCUT2D eigenvalue weighted by molar-refractivity contribution is 7.92. The molecule has 8 nitrogen and oxygen atoms in total. The number of phenols is 1. The lowest BCUT2D eigenvalue weighted by Gasteiger charge is -2.17. The van der Waals surface area contributed by atoms with E-state index in [1.54, 1.807) is 4.72 Å². The number of nitrogens with one attached hydrogen (secondary N) is 2. The second-order valence-corrected chi connectivity index (χ2v) is 7.58. The van der Waals surface area contributed by atoms with Crippen LogP contribution < -0.4 is 14.3 Å². The van der Waals surface area contributed by atoms with E-state index in [1.165, 1.54) is 17.4 Å². The Hall–Kier alpha value is -2.40. The number of thiazole rings is 1. The minimum absolute atomic E-state index is 0.196. The van der Waals surface area contributed by atoms with Gasteiger partial charge in [0, 0.05) is 11.9 Å². The number of benzene rings is 1. The van der Waals surface area contributed by atoms with Gasteiger partial charge in [0.15, 0.2) is 10.9 Å². The van der Waals surface area contributed by atoms with Crippen LogP contribution in [0.15, 0.2) is 17.5 Å². The first kappa shape index (κ1) is 16.5. The Morgan fingerprint density at radius 1 is 1.50 bits per heavy atom. The summed E-state index contributed by atoms with van der Waals surface area (Å²) < 4.78 is 40.1. The molecule has 1 aliphatic rings. The molecule has 3 rings (SSSR count). The molecule has 0 unspecified atom stereocenters. The van der Waals surface area contributed by atoms with Crippen LogP contribution in [0.25, 0.3) is 0 Å². The fourth-order valence-corrected chi connectivity index (χ4v) is 4.10. The number of halogens is 1. The first-order chi connectivity index (χ1) is 11.3. The Morgan fingerprint density at radius 2 is 2.25 bits per heavy atom. The number of anilines is 2. The number of carbonyl (C=O) groups is 1. The van der Waals surface area contributed by atoms with E-state index in [0.29, 0.717) is 15.0 Å². The number of amides is 1. The van der Waals surface area contributed by atoms with E-state index in [9.17, 15) is 22.7 Å². The van der Waals surface area contributed by atoms with Crippen LogP contribution >= 0.6 is 11.3 Å². The smallest absolute Gasteiger partial charge is 0.326 e. The summed E-state index contributed by atoms with van der Waals surface area (Å²) >= 11 is 1.39. The fourth-order valence-electron chi connectivity index (χ4n) is 2.25. The molecule has 11 heteroatoms. The van der Waals surface area contributed by atoms with Gasteiger partial charge in [-0.05, 0) is 24.6 Å². The number of nitrogens with zero attached hydrogens (tertiary/aromatic N) is 2. The molecule has 1 fully saturated rings. The maximum absolute atomic E-state index is 14.3. The number of aromatic hydroxyl groups is 1. The molecule has 3 N–H and O–H groups in total. The average molecular weight is 372 g/mol. The van der Waals surface area contributed by atoms with E-state index in [0.717, 1.165) is 11.8 Å². The Labute approximate surface area is 141 Å². The van der Waals surface area contributed by atoms with Gasteiger partial charge in [-0.3, -0.25) is 4.79 Å². The third kappa shape index (κ3) is 3.12. The van der Waals surface area contributed by atoms with Crippen LogP contribution in [0.1, 0.15) is 11.3 Å². The van der Waals surface area contributed by atoms with Crippen molar-refractivity contribution in [1.82, 2.24) is 9.71 Å². The van der Waals surface area contributed by atoms with Gasteiger partial charge in [0.2, 0.25) is 0 Å². The number of aryl methyl sites for hydroxylation is 1. The zero-order valence-electron chi connectivity index (χ0n) is 12.4. The molecular formula is C13H13FN4O4S2. The van der Waals surface area contributed by atoms with E-state index < -0.39 is 39.9 Å². The van der Waals surface area contributed by atoms with Gasteiger partial charge in [0.1, 0.15) is 18.0 Å². The van der Waals surface area contributed by atoms with Crippen molar-refractivity contribution in [1.29, 1.82) is 0 Å². The molecule has 1 saturated heterocycles. The summed E-state index contributed by atoms with van der Waals surface area (Å²) in [5, 5.41) is 15.5. The second-order valence-electron chi connectivity index (χ2n) is 5.13. The molecule has 2 aromatic rings. The quantitative estimate of drug-likeness (QED) is 0.741. The van der Waals surface area contributed by atoms with Crippen molar-refractivity contribution < 1.29 is 22.7 Å². The molecule has 1 aromatic carbocycles. The summed E-state index contributed by atoms with van der Waals surface area (Å²) in [5.74, 6) is -2.30. The molecule has 0 radical (unpaired) electrons. The summed E-state index contributed by atoms with van der Waals surface area (Å²) in [4.78, 5) is 15.4. The first-order valence-corrected chi connectivity index (χ1v) is 9.09. The Bertz CT molecular complexity index is 889. The number of hydrogen-bond donors (Lipinski definition) is 3. The summed E-state index contributed by atoms with van der Waals surface area (Å²) in [6, 6.07) is 2.34. The van der Waals surface area contributed by atoms with Gasteiger partial charge in [-0.1, -0.05) is 0 Å². The van der Waals surface area contributed by atoms with Crippen molar-refractivity contribution in [2.24, 2.45) is 0 Å². The SMILES string of the molecule is Cc1csc(NCc2cc(O)c(N3CC(=O)NS3(=O)=O)c(F)c2)n1. The third-order valence-corrected chi connectivity index (χ3v) is 5.53. The molecule has 0 aliphatic carbocycles.